The van der Waals surface area contributed by atoms with Crippen molar-refractivity contribution in [3.05, 3.63) is 64.4 Å². The number of anilines is 1. The van der Waals surface area contributed by atoms with Crippen molar-refractivity contribution in [1.29, 1.82) is 0 Å². The van der Waals surface area contributed by atoms with Gasteiger partial charge in [0.1, 0.15) is 12.4 Å². The van der Waals surface area contributed by atoms with Gasteiger partial charge in [0, 0.05) is 5.56 Å². The Kier molecular flexibility index (Phi) is 5.52. The first kappa shape index (κ1) is 16.5. The second-order valence-corrected chi connectivity index (χ2v) is 5.88. The molecule has 2 aromatic rings. The number of hydrogen-bond acceptors (Lipinski definition) is 1. The molecular weight excluding hydrogens is 303 g/mol. The maximum absolute atomic E-state index is 13.0. The van der Waals surface area contributed by atoms with Crippen LogP contribution in [0, 0.1) is 12.7 Å². The molecule has 1 atom stereocenters. The van der Waals surface area contributed by atoms with E-state index in [0.29, 0.717) is 12.2 Å². The van der Waals surface area contributed by atoms with Gasteiger partial charge in [-0.05, 0) is 25.1 Å². The number of benzene rings is 2. The predicted molar refractivity (Wildman–Crippen MR) is 86.7 cm³/mol. The summed E-state index contributed by atoms with van der Waals surface area (Å²) in [4.78, 5) is 13.1. The number of amides is 1. The average molecular weight is 322 g/mol. The lowest BCUT2D eigenvalue weighted by Crippen LogP contribution is -3.08. The fraction of sp³-hybridized carbons (Fsp3) is 0.235. The van der Waals surface area contributed by atoms with Crippen LogP contribution in [0.25, 0.3) is 0 Å². The van der Waals surface area contributed by atoms with Crippen molar-refractivity contribution in [1.82, 2.24) is 0 Å². The smallest absolute Gasteiger partial charge is 0.279 e. The van der Waals surface area contributed by atoms with Crippen LogP contribution in [0.2, 0.25) is 5.02 Å². The summed E-state index contributed by atoms with van der Waals surface area (Å²) in [5.74, 6) is -0.580. The standard InChI is InChI=1S/C17H18ClFN2O/c1-12-3-5-13(6-4-12)10-21(2)11-17(22)20-16-8-7-14(19)9-15(16)18/h3-9H,10-11H2,1-2H3,(H,20,22)/p+1. The van der Waals surface area contributed by atoms with E-state index in [0.717, 1.165) is 11.4 Å². The number of nitrogens with one attached hydrogen (secondary N) is 2. The first-order valence-corrected chi connectivity index (χ1v) is 7.43. The van der Waals surface area contributed by atoms with Crippen molar-refractivity contribution in [3.63, 3.8) is 0 Å². The van der Waals surface area contributed by atoms with Crippen LogP contribution in [0.4, 0.5) is 10.1 Å². The number of halogens is 2. The molecule has 2 N–H and O–H groups in total. The van der Waals surface area contributed by atoms with Gasteiger partial charge < -0.3 is 10.2 Å². The molecule has 0 fully saturated rings. The molecular formula is C17H19ClFN2O+. The van der Waals surface area contributed by atoms with Gasteiger partial charge in [0.2, 0.25) is 0 Å². The Morgan fingerprint density at radius 1 is 1.23 bits per heavy atom. The van der Waals surface area contributed by atoms with Crippen LogP contribution in [0.15, 0.2) is 42.5 Å². The first-order valence-electron chi connectivity index (χ1n) is 7.06. The molecule has 2 aromatic carbocycles. The van der Waals surface area contributed by atoms with Crippen LogP contribution < -0.4 is 10.2 Å². The third-order valence-corrected chi connectivity index (χ3v) is 3.61. The van der Waals surface area contributed by atoms with E-state index in [1.54, 1.807) is 0 Å². The highest BCUT2D eigenvalue weighted by molar-refractivity contribution is 6.33. The van der Waals surface area contributed by atoms with Gasteiger partial charge in [0.05, 0.1) is 17.8 Å². The molecule has 116 valence electrons. The van der Waals surface area contributed by atoms with E-state index < -0.39 is 5.82 Å². The summed E-state index contributed by atoms with van der Waals surface area (Å²) in [5, 5.41) is 2.90. The molecule has 0 aliphatic rings. The molecule has 0 spiro atoms. The van der Waals surface area contributed by atoms with Crippen molar-refractivity contribution in [3.8, 4) is 0 Å². The van der Waals surface area contributed by atoms with Gasteiger partial charge in [-0.1, -0.05) is 41.4 Å². The van der Waals surface area contributed by atoms with E-state index in [-0.39, 0.29) is 10.9 Å². The van der Waals surface area contributed by atoms with E-state index in [1.165, 1.54) is 29.3 Å². The molecule has 0 saturated heterocycles. The van der Waals surface area contributed by atoms with E-state index >= 15 is 0 Å². The zero-order valence-corrected chi connectivity index (χ0v) is 13.4. The Bertz CT molecular complexity index is 658. The van der Waals surface area contributed by atoms with Gasteiger partial charge in [-0.25, -0.2) is 4.39 Å². The summed E-state index contributed by atoms with van der Waals surface area (Å²) in [6.07, 6.45) is 0. The maximum Gasteiger partial charge on any atom is 0.279 e. The van der Waals surface area contributed by atoms with Gasteiger partial charge in [-0.3, -0.25) is 4.79 Å². The minimum Gasteiger partial charge on any atom is -0.326 e. The minimum atomic E-state index is -0.426. The Morgan fingerprint density at radius 2 is 1.91 bits per heavy atom. The van der Waals surface area contributed by atoms with E-state index in [4.69, 9.17) is 11.6 Å². The summed E-state index contributed by atoms with van der Waals surface area (Å²) in [6, 6.07) is 12.2. The molecule has 1 amide bonds. The monoisotopic (exact) mass is 321 g/mol. The van der Waals surface area contributed by atoms with Crippen LogP contribution in [0.3, 0.4) is 0 Å². The summed E-state index contributed by atoms with van der Waals surface area (Å²) in [6.45, 7) is 3.10. The van der Waals surface area contributed by atoms with Crippen LogP contribution in [-0.4, -0.2) is 19.5 Å². The fourth-order valence-electron chi connectivity index (χ4n) is 2.18. The Morgan fingerprint density at radius 3 is 2.55 bits per heavy atom. The van der Waals surface area contributed by atoms with Gasteiger partial charge in [0.25, 0.3) is 5.91 Å². The summed E-state index contributed by atoms with van der Waals surface area (Å²) in [5.41, 5.74) is 2.82. The van der Waals surface area contributed by atoms with E-state index in [1.807, 2.05) is 14.0 Å². The number of aryl methyl sites for hydroxylation is 1. The number of carbonyl (C=O) groups is 1. The van der Waals surface area contributed by atoms with Crippen LogP contribution in [0.1, 0.15) is 11.1 Å². The molecule has 2 rings (SSSR count). The second-order valence-electron chi connectivity index (χ2n) is 5.47. The fourth-order valence-corrected chi connectivity index (χ4v) is 2.39. The number of rotatable bonds is 5. The Balaban J connectivity index is 1.89. The first-order chi connectivity index (χ1) is 10.4. The predicted octanol–water partition coefficient (Wildman–Crippen LogP) is 2.44. The molecule has 5 heteroatoms. The zero-order valence-electron chi connectivity index (χ0n) is 12.6. The van der Waals surface area contributed by atoms with E-state index in [2.05, 4.69) is 29.6 Å². The van der Waals surface area contributed by atoms with Gasteiger partial charge in [-0.15, -0.1) is 0 Å². The van der Waals surface area contributed by atoms with Gasteiger partial charge in [0.15, 0.2) is 6.54 Å². The second kappa shape index (κ2) is 7.38. The molecule has 1 unspecified atom stereocenters. The number of hydrogen-bond donors (Lipinski definition) is 2. The SMILES string of the molecule is Cc1ccc(C[NH+](C)CC(=O)Nc2ccc(F)cc2Cl)cc1. The minimum absolute atomic E-state index is 0.155. The third kappa shape index (κ3) is 4.83. The lowest BCUT2D eigenvalue weighted by Gasteiger charge is -2.14. The van der Waals surface area contributed by atoms with Crippen LogP contribution >= 0.6 is 11.6 Å². The third-order valence-electron chi connectivity index (χ3n) is 3.29. The maximum atomic E-state index is 13.0. The van der Waals surface area contributed by atoms with Crippen molar-refractivity contribution in [2.24, 2.45) is 0 Å². The quantitative estimate of drug-likeness (QED) is 0.871. The molecule has 0 aliphatic heterocycles. The largest absolute Gasteiger partial charge is 0.326 e. The van der Waals surface area contributed by atoms with Gasteiger partial charge >= 0.3 is 0 Å². The lowest BCUT2D eigenvalue weighted by molar-refractivity contribution is -0.885. The Labute approximate surface area is 134 Å². The van der Waals surface area contributed by atoms with Crippen LogP contribution in [-0.2, 0) is 11.3 Å². The Hall–Kier alpha value is -1.91. The topological polar surface area (TPSA) is 33.5 Å². The molecule has 0 saturated carbocycles. The lowest BCUT2D eigenvalue weighted by atomic mass is 10.1. The highest BCUT2D eigenvalue weighted by atomic mass is 35.5. The summed E-state index contributed by atoms with van der Waals surface area (Å²) < 4.78 is 13.0. The molecule has 0 bridgehead atoms. The van der Waals surface area contributed by atoms with Crippen LogP contribution in [0.5, 0.6) is 0 Å². The normalized spacial score (nSPS) is 12.0. The van der Waals surface area contributed by atoms with E-state index in [9.17, 15) is 9.18 Å². The number of likely N-dealkylation sites (N-methyl/N-ethyl adjacent to an activating group) is 1. The molecule has 3 nitrogen and oxygen atoms in total. The summed E-state index contributed by atoms with van der Waals surface area (Å²) in [7, 11) is 1.95. The van der Waals surface area contributed by atoms with Crippen molar-refractivity contribution < 1.29 is 14.1 Å². The molecule has 0 aliphatic carbocycles. The number of carbonyl (C=O) groups excluding carboxylic acids is 1. The zero-order chi connectivity index (χ0) is 16.1. The van der Waals surface area contributed by atoms with Crippen molar-refractivity contribution >= 4 is 23.2 Å². The van der Waals surface area contributed by atoms with Gasteiger partial charge in [-0.2, -0.15) is 0 Å². The highest BCUT2D eigenvalue weighted by Gasteiger charge is 2.12. The van der Waals surface area contributed by atoms with Crippen molar-refractivity contribution in [2.75, 3.05) is 18.9 Å². The average Bonchev–Trinajstić information content (AvgIpc) is 2.44. The number of quaternary nitrogens is 1. The summed E-state index contributed by atoms with van der Waals surface area (Å²) >= 11 is 5.89. The molecule has 0 aromatic heterocycles. The molecule has 0 heterocycles. The molecule has 0 radical (unpaired) electrons. The highest BCUT2D eigenvalue weighted by Crippen LogP contribution is 2.21. The van der Waals surface area contributed by atoms with Crippen molar-refractivity contribution in [2.45, 2.75) is 13.5 Å². The molecule has 22 heavy (non-hydrogen) atoms.